The average molecular weight is 521 g/mol. The van der Waals surface area contributed by atoms with Crippen molar-refractivity contribution in [2.45, 2.75) is 51.7 Å². The van der Waals surface area contributed by atoms with Crippen LogP contribution in [0.15, 0.2) is 60.2 Å². The van der Waals surface area contributed by atoms with Crippen LogP contribution in [-0.4, -0.2) is 54.6 Å². The molecule has 4 nitrogen and oxygen atoms in total. The molecule has 2 heterocycles. The van der Waals surface area contributed by atoms with Crippen LogP contribution >= 0.6 is 0 Å². The van der Waals surface area contributed by atoms with Gasteiger partial charge < -0.3 is 4.74 Å². The first-order chi connectivity index (χ1) is 18.3. The lowest BCUT2D eigenvalue weighted by molar-refractivity contribution is -0.145. The lowest BCUT2D eigenvalue weighted by Crippen LogP contribution is -2.50. The average Bonchev–Trinajstić information content (AvgIpc) is 3.19. The van der Waals surface area contributed by atoms with E-state index < -0.39 is 0 Å². The molecule has 6 heteroatoms. The first-order valence-corrected chi connectivity index (χ1v) is 14.2. The Bertz CT molecular complexity index is 1140. The van der Waals surface area contributed by atoms with Crippen LogP contribution in [-0.2, 0) is 9.53 Å². The minimum atomic E-state index is -0.265. The van der Waals surface area contributed by atoms with Crippen molar-refractivity contribution in [3.8, 4) is 0 Å². The van der Waals surface area contributed by atoms with Gasteiger partial charge in [-0.05, 0) is 66.0 Å². The third kappa shape index (κ3) is 4.82. The van der Waals surface area contributed by atoms with Crippen molar-refractivity contribution in [3.05, 3.63) is 82.9 Å². The summed E-state index contributed by atoms with van der Waals surface area (Å²) >= 11 is 0. The number of piperazine rings is 1. The van der Waals surface area contributed by atoms with E-state index in [2.05, 4.69) is 29.7 Å². The molecule has 1 saturated carbocycles. The van der Waals surface area contributed by atoms with Crippen LogP contribution in [0.4, 0.5) is 8.78 Å². The summed E-state index contributed by atoms with van der Waals surface area (Å²) in [4.78, 5) is 17.8. The molecule has 0 amide bonds. The monoisotopic (exact) mass is 520 g/mol. The Morgan fingerprint density at radius 1 is 0.974 bits per heavy atom. The van der Waals surface area contributed by atoms with Crippen LogP contribution in [0, 0.1) is 34.8 Å². The quantitative estimate of drug-likeness (QED) is 0.358. The highest BCUT2D eigenvalue weighted by Gasteiger charge is 2.52. The molecule has 4 aliphatic rings. The number of benzene rings is 2. The van der Waals surface area contributed by atoms with Crippen LogP contribution < -0.4 is 0 Å². The summed E-state index contributed by atoms with van der Waals surface area (Å²) in [5, 5.41) is 0. The van der Waals surface area contributed by atoms with Gasteiger partial charge in [-0.1, -0.05) is 56.2 Å². The molecule has 5 unspecified atom stereocenters. The Morgan fingerprint density at radius 3 is 2.18 bits per heavy atom. The third-order valence-corrected chi connectivity index (χ3v) is 9.68. The number of allylic oxidation sites excluding steroid dienone is 1. The van der Waals surface area contributed by atoms with E-state index in [1.54, 1.807) is 5.57 Å². The van der Waals surface area contributed by atoms with Crippen LogP contribution in [0.1, 0.15) is 56.7 Å². The van der Waals surface area contributed by atoms with E-state index in [-0.39, 0.29) is 47.0 Å². The molecule has 0 spiro atoms. The number of hydrogen-bond donors (Lipinski definition) is 0. The van der Waals surface area contributed by atoms with Gasteiger partial charge >= 0.3 is 5.97 Å². The molecule has 2 aliphatic carbocycles. The predicted molar refractivity (Wildman–Crippen MR) is 143 cm³/mol. The number of halogens is 2. The minimum Gasteiger partial charge on any atom is -0.461 e. The molecule has 2 aromatic carbocycles. The fraction of sp³-hybridized carbons (Fsp3) is 0.531. The van der Waals surface area contributed by atoms with Crippen molar-refractivity contribution in [2.75, 3.05) is 32.7 Å². The Morgan fingerprint density at radius 2 is 1.58 bits per heavy atom. The maximum absolute atomic E-state index is 13.7. The van der Waals surface area contributed by atoms with E-state index in [0.29, 0.717) is 5.92 Å². The highest BCUT2D eigenvalue weighted by molar-refractivity contribution is 5.76. The van der Waals surface area contributed by atoms with E-state index in [1.807, 2.05) is 24.3 Å². The Kier molecular flexibility index (Phi) is 6.89. The second-order valence-electron chi connectivity index (χ2n) is 12.2. The minimum absolute atomic E-state index is 0.00849. The van der Waals surface area contributed by atoms with Crippen LogP contribution in [0.2, 0.25) is 0 Å². The molecule has 3 fully saturated rings. The summed E-state index contributed by atoms with van der Waals surface area (Å²) in [6.45, 7) is 8.73. The number of fused-ring (bicyclic) bond motifs is 2. The zero-order valence-electron chi connectivity index (χ0n) is 22.4. The van der Waals surface area contributed by atoms with Gasteiger partial charge in [-0.2, -0.15) is 0 Å². The number of ether oxygens (including phenoxy) is 1. The van der Waals surface area contributed by atoms with E-state index in [1.165, 1.54) is 43.5 Å². The molecule has 0 N–H and O–H groups in total. The molecule has 6 rings (SSSR count). The second-order valence-corrected chi connectivity index (χ2v) is 12.2. The van der Waals surface area contributed by atoms with E-state index in [9.17, 15) is 13.6 Å². The molecule has 38 heavy (non-hydrogen) atoms. The number of carbonyl (C=O) groups is 1. The van der Waals surface area contributed by atoms with Crippen molar-refractivity contribution >= 4 is 5.97 Å². The van der Waals surface area contributed by atoms with Crippen LogP contribution in [0.25, 0.3) is 0 Å². The van der Waals surface area contributed by atoms with Gasteiger partial charge in [-0.15, -0.1) is 0 Å². The summed E-state index contributed by atoms with van der Waals surface area (Å²) in [6, 6.07) is 13.2. The number of nitrogens with zero attached hydrogens (tertiary/aromatic N) is 2. The highest BCUT2D eigenvalue weighted by Crippen LogP contribution is 2.54. The van der Waals surface area contributed by atoms with Gasteiger partial charge in [0.2, 0.25) is 0 Å². The van der Waals surface area contributed by atoms with E-state index in [0.717, 1.165) is 50.3 Å². The fourth-order valence-electron chi connectivity index (χ4n) is 7.65. The largest absolute Gasteiger partial charge is 0.461 e. The lowest BCUT2D eigenvalue weighted by atomic mass is 9.59. The van der Waals surface area contributed by atoms with E-state index in [4.69, 9.17) is 4.74 Å². The first-order valence-electron chi connectivity index (χ1n) is 14.2. The maximum atomic E-state index is 13.7. The molecule has 202 valence electrons. The van der Waals surface area contributed by atoms with Crippen LogP contribution in [0.5, 0.6) is 0 Å². The SMILES string of the molecule is CC1CCCC2(C)CC3OC(=O)C(CN4CCN(C(c5ccc(F)cc5)c5ccc(F)cc5)CC4)C3C=C12. The van der Waals surface area contributed by atoms with Gasteiger partial charge in [0, 0.05) is 38.6 Å². The summed E-state index contributed by atoms with van der Waals surface area (Å²) in [5.41, 5.74) is 3.72. The van der Waals surface area contributed by atoms with Crippen molar-refractivity contribution in [1.29, 1.82) is 0 Å². The van der Waals surface area contributed by atoms with Gasteiger partial charge in [0.1, 0.15) is 17.7 Å². The molecular weight excluding hydrogens is 482 g/mol. The molecule has 0 radical (unpaired) electrons. The van der Waals surface area contributed by atoms with E-state index >= 15 is 0 Å². The van der Waals surface area contributed by atoms with Crippen molar-refractivity contribution in [1.82, 2.24) is 9.80 Å². The number of esters is 1. The molecule has 2 aromatic rings. The Hall–Kier alpha value is -2.57. The molecule has 2 saturated heterocycles. The van der Waals surface area contributed by atoms with Crippen molar-refractivity contribution < 1.29 is 18.3 Å². The summed E-state index contributed by atoms with van der Waals surface area (Å²) in [5.74, 6) is 0.0878. The highest BCUT2D eigenvalue weighted by atomic mass is 19.1. The maximum Gasteiger partial charge on any atom is 0.311 e. The molecule has 2 aliphatic heterocycles. The molecule has 5 atom stereocenters. The molecular formula is C32H38F2N2O2. The third-order valence-electron chi connectivity index (χ3n) is 9.68. The van der Waals surface area contributed by atoms with Gasteiger partial charge in [-0.3, -0.25) is 14.6 Å². The first kappa shape index (κ1) is 25.7. The predicted octanol–water partition coefficient (Wildman–Crippen LogP) is 5.99. The standard InChI is InChI=1S/C32H38F2N2O2/c1-21-4-3-13-32(2)19-29-26(18-28(21)32)27(31(37)38-29)20-35-14-16-36(17-15-35)30(22-5-9-24(33)10-6-22)23-7-11-25(34)12-8-23/h5-12,18,21,26-27,29-30H,3-4,13-17,19-20H2,1-2H3. The zero-order chi connectivity index (χ0) is 26.4. The lowest BCUT2D eigenvalue weighted by Gasteiger charge is -2.46. The van der Waals surface area contributed by atoms with Gasteiger partial charge in [0.15, 0.2) is 0 Å². The van der Waals surface area contributed by atoms with Gasteiger partial charge in [-0.25, -0.2) is 8.78 Å². The summed E-state index contributed by atoms with van der Waals surface area (Å²) in [6.07, 6.45) is 7.09. The summed E-state index contributed by atoms with van der Waals surface area (Å²) in [7, 11) is 0. The molecule has 0 aromatic heterocycles. The Balaban J connectivity index is 1.16. The van der Waals surface area contributed by atoms with Crippen LogP contribution in [0.3, 0.4) is 0 Å². The smallest absolute Gasteiger partial charge is 0.311 e. The number of hydrogen-bond acceptors (Lipinski definition) is 4. The molecule has 0 bridgehead atoms. The van der Waals surface area contributed by atoms with Gasteiger partial charge in [0.05, 0.1) is 12.0 Å². The second kappa shape index (κ2) is 10.2. The topological polar surface area (TPSA) is 32.8 Å². The van der Waals surface area contributed by atoms with Gasteiger partial charge in [0.25, 0.3) is 0 Å². The number of rotatable bonds is 5. The Labute approximate surface area is 224 Å². The summed E-state index contributed by atoms with van der Waals surface area (Å²) < 4.78 is 33.3. The number of carbonyl (C=O) groups excluding carboxylic acids is 1. The van der Waals surface area contributed by atoms with Crippen molar-refractivity contribution in [3.63, 3.8) is 0 Å². The fourth-order valence-corrected chi connectivity index (χ4v) is 7.65. The zero-order valence-corrected chi connectivity index (χ0v) is 22.4. The van der Waals surface area contributed by atoms with Crippen molar-refractivity contribution in [2.24, 2.45) is 23.2 Å². The normalized spacial score (nSPS) is 32.0.